The van der Waals surface area contributed by atoms with E-state index in [-0.39, 0.29) is 18.7 Å². The molecule has 8 nitrogen and oxygen atoms in total. The molecule has 8 heteroatoms. The van der Waals surface area contributed by atoms with Gasteiger partial charge in [0, 0.05) is 19.6 Å². The molecule has 134 valence electrons. The average Bonchev–Trinajstić information content (AvgIpc) is 2.35. The van der Waals surface area contributed by atoms with Gasteiger partial charge in [0.25, 0.3) is 0 Å². The number of hydrogen-bond acceptors (Lipinski definition) is 6. The summed E-state index contributed by atoms with van der Waals surface area (Å²) in [5.74, 6) is 0. The van der Waals surface area contributed by atoms with Gasteiger partial charge in [0.05, 0.1) is 12.6 Å². The van der Waals surface area contributed by atoms with Crippen LogP contribution in [0.15, 0.2) is 0 Å². The maximum absolute atomic E-state index is 12.0. The highest BCUT2D eigenvalue weighted by atomic mass is 16.7. The summed E-state index contributed by atoms with van der Waals surface area (Å²) in [6, 6.07) is -0.0915. The molecule has 0 aromatic heterocycles. The highest BCUT2D eigenvalue weighted by Crippen LogP contribution is 2.11. The van der Waals surface area contributed by atoms with E-state index < -0.39 is 17.3 Å². The molecule has 1 aliphatic heterocycles. The minimum absolute atomic E-state index is 0.0915. The summed E-state index contributed by atoms with van der Waals surface area (Å²) in [6.07, 6.45) is -0.985. The van der Waals surface area contributed by atoms with Gasteiger partial charge in [-0.05, 0) is 41.5 Å². The molecule has 0 spiro atoms. The Morgan fingerprint density at radius 1 is 1.13 bits per heavy atom. The number of hydroxylamine groups is 1. The lowest BCUT2D eigenvalue weighted by Crippen LogP contribution is -2.55. The van der Waals surface area contributed by atoms with Crippen LogP contribution in [0, 0.1) is 0 Å². The Morgan fingerprint density at radius 2 is 1.74 bits per heavy atom. The maximum Gasteiger partial charge on any atom is 0.431 e. The van der Waals surface area contributed by atoms with Crippen molar-refractivity contribution in [2.45, 2.75) is 58.8 Å². The minimum Gasteiger partial charge on any atom is -0.444 e. The lowest BCUT2D eigenvalue weighted by molar-refractivity contribution is -0.0217. The van der Waals surface area contributed by atoms with Gasteiger partial charge in [-0.2, -0.15) is 5.48 Å². The van der Waals surface area contributed by atoms with Crippen LogP contribution >= 0.6 is 0 Å². The van der Waals surface area contributed by atoms with Crippen molar-refractivity contribution in [3.05, 3.63) is 0 Å². The molecule has 1 unspecified atom stereocenters. The summed E-state index contributed by atoms with van der Waals surface area (Å²) in [6.45, 7) is 12.7. The number of amides is 2. The smallest absolute Gasteiger partial charge is 0.431 e. The normalized spacial score (nSPS) is 19.2. The average molecular weight is 331 g/mol. The van der Waals surface area contributed by atoms with Gasteiger partial charge in [-0.25, -0.2) is 9.59 Å². The third kappa shape index (κ3) is 8.61. The fourth-order valence-corrected chi connectivity index (χ4v) is 1.93. The van der Waals surface area contributed by atoms with E-state index in [0.717, 1.165) is 0 Å². The van der Waals surface area contributed by atoms with Gasteiger partial charge < -0.3 is 19.7 Å². The number of nitrogens with one attached hydrogen (secondary N) is 2. The van der Waals surface area contributed by atoms with Crippen LogP contribution < -0.4 is 10.8 Å². The zero-order chi connectivity index (χ0) is 17.7. The molecule has 2 N–H and O–H groups in total. The number of carbonyl (C=O) groups excluding carboxylic acids is 2. The van der Waals surface area contributed by atoms with Crippen LogP contribution in [-0.2, 0) is 14.3 Å². The van der Waals surface area contributed by atoms with Crippen LogP contribution in [0.2, 0.25) is 0 Å². The molecule has 0 bridgehead atoms. The predicted octanol–water partition coefficient (Wildman–Crippen LogP) is 1.65. The number of nitrogens with zero attached hydrogens (tertiary/aromatic N) is 1. The second kappa shape index (κ2) is 7.83. The first-order chi connectivity index (χ1) is 10.5. The third-order valence-electron chi connectivity index (χ3n) is 2.75. The van der Waals surface area contributed by atoms with E-state index in [0.29, 0.717) is 19.6 Å². The van der Waals surface area contributed by atoms with Crippen LogP contribution in [-0.4, -0.2) is 60.6 Å². The summed E-state index contributed by atoms with van der Waals surface area (Å²) in [5, 5.41) is 3.22. The Hall–Kier alpha value is -1.54. The second-order valence-electron chi connectivity index (χ2n) is 7.49. The van der Waals surface area contributed by atoms with Crippen molar-refractivity contribution >= 4 is 12.2 Å². The van der Waals surface area contributed by atoms with Crippen molar-refractivity contribution in [1.82, 2.24) is 15.7 Å². The van der Waals surface area contributed by atoms with Crippen LogP contribution in [0.5, 0.6) is 0 Å². The molecule has 1 heterocycles. The summed E-state index contributed by atoms with van der Waals surface area (Å²) >= 11 is 0. The standard InChI is InChI=1S/C15H29N3O5/c1-14(2,3)22-12(19)17-21-10-11-9-18(8-7-16-11)13(20)23-15(4,5)6/h11,16H,7-10H2,1-6H3,(H,17,19). The van der Waals surface area contributed by atoms with Crippen molar-refractivity contribution in [3.63, 3.8) is 0 Å². The van der Waals surface area contributed by atoms with Crippen LogP contribution in [0.4, 0.5) is 9.59 Å². The third-order valence-corrected chi connectivity index (χ3v) is 2.75. The molecule has 1 saturated heterocycles. The zero-order valence-corrected chi connectivity index (χ0v) is 14.9. The lowest BCUT2D eigenvalue weighted by atomic mass is 10.2. The summed E-state index contributed by atoms with van der Waals surface area (Å²) < 4.78 is 10.4. The first-order valence-electron chi connectivity index (χ1n) is 7.78. The summed E-state index contributed by atoms with van der Waals surface area (Å²) in [4.78, 5) is 30.3. The van der Waals surface area contributed by atoms with E-state index in [4.69, 9.17) is 14.3 Å². The van der Waals surface area contributed by atoms with Gasteiger partial charge in [0.2, 0.25) is 0 Å². The van der Waals surface area contributed by atoms with Crippen molar-refractivity contribution in [3.8, 4) is 0 Å². The van der Waals surface area contributed by atoms with Gasteiger partial charge in [0.1, 0.15) is 11.2 Å². The Morgan fingerprint density at radius 3 is 2.30 bits per heavy atom. The van der Waals surface area contributed by atoms with E-state index in [2.05, 4.69) is 10.8 Å². The topological polar surface area (TPSA) is 89.1 Å². The lowest BCUT2D eigenvalue weighted by Gasteiger charge is -2.34. The van der Waals surface area contributed by atoms with Crippen LogP contribution in [0.3, 0.4) is 0 Å². The molecule has 1 rings (SSSR count). The quantitative estimate of drug-likeness (QED) is 0.765. The van der Waals surface area contributed by atoms with E-state index in [1.54, 1.807) is 25.7 Å². The predicted molar refractivity (Wildman–Crippen MR) is 84.9 cm³/mol. The Bertz CT molecular complexity index is 414. The molecule has 0 radical (unpaired) electrons. The largest absolute Gasteiger partial charge is 0.444 e. The fraction of sp³-hybridized carbons (Fsp3) is 0.867. The van der Waals surface area contributed by atoms with Crippen molar-refractivity contribution < 1.29 is 23.9 Å². The number of hydrogen-bond donors (Lipinski definition) is 2. The number of carbonyl (C=O) groups is 2. The van der Waals surface area contributed by atoms with Gasteiger partial charge in [-0.15, -0.1) is 0 Å². The maximum atomic E-state index is 12.0. The highest BCUT2D eigenvalue weighted by Gasteiger charge is 2.27. The molecule has 0 aromatic rings. The van der Waals surface area contributed by atoms with Gasteiger partial charge >= 0.3 is 12.2 Å². The zero-order valence-electron chi connectivity index (χ0n) is 14.9. The van der Waals surface area contributed by atoms with Gasteiger partial charge in [-0.1, -0.05) is 0 Å². The molecule has 2 amide bonds. The molecule has 0 aliphatic carbocycles. The first kappa shape index (κ1) is 19.5. The highest BCUT2D eigenvalue weighted by molar-refractivity contribution is 5.68. The van der Waals surface area contributed by atoms with Crippen molar-refractivity contribution in [2.75, 3.05) is 26.2 Å². The second-order valence-corrected chi connectivity index (χ2v) is 7.49. The minimum atomic E-state index is -0.641. The first-order valence-corrected chi connectivity index (χ1v) is 7.78. The molecule has 1 atom stereocenters. The van der Waals surface area contributed by atoms with E-state index >= 15 is 0 Å². The van der Waals surface area contributed by atoms with Crippen molar-refractivity contribution in [2.24, 2.45) is 0 Å². The Balaban J connectivity index is 2.33. The molecule has 0 saturated carbocycles. The van der Waals surface area contributed by atoms with E-state index in [1.807, 2.05) is 20.8 Å². The van der Waals surface area contributed by atoms with Gasteiger partial charge in [-0.3, -0.25) is 4.84 Å². The Kier molecular flexibility index (Phi) is 6.64. The molecule has 23 heavy (non-hydrogen) atoms. The molecule has 1 aliphatic rings. The Labute approximate surface area is 137 Å². The molecule has 1 fully saturated rings. The van der Waals surface area contributed by atoms with E-state index in [1.165, 1.54) is 0 Å². The number of rotatable bonds is 3. The van der Waals surface area contributed by atoms with Crippen molar-refractivity contribution in [1.29, 1.82) is 0 Å². The monoisotopic (exact) mass is 331 g/mol. The number of ether oxygens (including phenoxy) is 2. The summed E-state index contributed by atoms with van der Waals surface area (Å²) in [5.41, 5.74) is 1.13. The van der Waals surface area contributed by atoms with Crippen LogP contribution in [0.1, 0.15) is 41.5 Å². The van der Waals surface area contributed by atoms with Crippen LogP contribution in [0.25, 0.3) is 0 Å². The summed E-state index contributed by atoms with van der Waals surface area (Å²) in [7, 11) is 0. The molecular weight excluding hydrogens is 302 g/mol. The van der Waals surface area contributed by atoms with Gasteiger partial charge in [0.15, 0.2) is 0 Å². The molecular formula is C15H29N3O5. The SMILES string of the molecule is CC(C)(C)OC(=O)NOCC1CN(C(=O)OC(C)(C)C)CCN1. The van der Waals surface area contributed by atoms with E-state index in [9.17, 15) is 9.59 Å². The number of piperazine rings is 1. The molecule has 0 aromatic carbocycles. The fourth-order valence-electron chi connectivity index (χ4n) is 1.93.